The molecule has 0 fully saturated rings. The van der Waals surface area contributed by atoms with Crippen molar-refractivity contribution in [3.8, 4) is 11.5 Å². The summed E-state index contributed by atoms with van der Waals surface area (Å²) in [5.41, 5.74) is 0.633. The van der Waals surface area contributed by atoms with E-state index < -0.39 is 5.97 Å². The van der Waals surface area contributed by atoms with Crippen LogP contribution in [-0.4, -0.2) is 51.7 Å². The van der Waals surface area contributed by atoms with Gasteiger partial charge in [-0.15, -0.1) is 0 Å². The van der Waals surface area contributed by atoms with Crippen molar-refractivity contribution in [1.29, 1.82) is 0 Å². The maximum Gasteiger partial charge on any atom is 0.328 e. The third kappa shape index (κ3) is 6.29. The normalized spacial score (nSPS) is 10.8. The van der Waals surface area contributed by atoms with E-state index in [0.717, 1.165) is 6.08 Å². The number of benzene rings is 1. The van der Waals surface area contributed by atoms with Gasteiger partial charge in [0.2, 0.25) is 0 Å². The number of hydrogen-bond acceptors (Lipinski definition) is 5. The third-order valence-corrected chi connectivity index (χ3v) is 2.54. The predicted molar refractivity (Wildman–Crippen MR) is 77.9 cm³/mol. The summed E-state index contributed by atoms with van der Waals surface area (Å²) in [7, 11) is 3.14. The smallest absolute Gasteiger partial charge is 0.328 e. The Bertz CT molecular complexity index is 469. The second kappa shape index (κ2) is 9.79. The number of carbonyl (C=O) groups is 1. The van der Waals surface area contributed by atoms with Crippen LogP contribution in [-0.2, 0) is 14.3 Å². The Balaban J connectivity index is 2.66. The average molecular weight is 296 g/mol. The number of methoxy groups -OCH3 is 2. The summed E-state index contributed by atoms with van der Waals surface area (Å²) in [5.74, 6) is 0.0129. The Hall–Kier alpha value is -2.05. The van der Waals surface area contributed by atoms with Crippen LogP contribution in [0, 0.1) is 0 Å². The Morgan fingerprint density at radius 3 is 2.62 bits per heavy atom. The molecule has 0 aliphatic carbocycles. The number of aliphatic carboxylic acids is 1. The molecule has 1 aromatic carbocycles. The van der Waals surface area contributed by atoms with Crippen molar-refractivity contribution in [2.45, 2.75) is 0 Å². The van der Waals surface area contributed by atoms with Crippen LogP contribution < -0.4 is 9.47 Å². The molecular formula is C15H20O6. The van der Waals surface area contributed by atoms with Gasteiger partial charge in [-0.25, -0.2) is 4.79 Å². The maximum atomic E-state index is 10.6. The van der Waals surface area contributed by atoms with Gasteiger partial charge in [-0.3, -0.25) is 0 Å². The summed E-state index contributed by atoms with van der Waals surface area (Å²) in [5, 5.41) is 8.70. The van der Waals surface area contributed by atoms with E-state index in [4.69, 9.17) is 24.1 Å². The molecule has 6 nitrogen and oxygen atoms in total. The number of carboxylic acids is 1. The second-order valence-corrected chi connectivity index (χ2v) is 4.00. The summed E-state index contributed by atoms with van der Waals surface area (Å²) >= 11 is 0. The highest BCUT2D eigenvalue weighted by atomic mass is 16.5. The van der Waals surface area contributed by atoms with E-state index in [-0.39, 0.29) is 0 Å². The average Bonchev–Trinajstić information content (AvgIpc) is 2.49. The van der Waals surface area contributed by atoms with E-state index in [1.807, 2.05) is 0 Å². The van der Waals surface area contributed by atoms with Gasteiger partial charge in [0.15, 0.2) is 11.5 Å². The second-order valence-electron chi connectivity index (χ2n) is 4.00. The topological polar surface area (TPSA) is 74.2 Å². The molecular weight excluding hydrogens is 276 g/mol. The van der Waals surface area contributed by atoms with Gasteiger partial charge in [0.25, 0.3) is 0 Å². The van der Waals surface area contributed by atoms with Crippen molar-refractivity contribution in [2.75, 3.05) is 40.6 Å². The first-order chi connectivity index (χ1) is 10.2. The van der Waals surface area contributed by atoms with Gasteiger partial charge in [-0.05, 0) is 12.1 Å². The molecule has 0 saturated carbocycles. The van der Waals surface area contributed by atoms with E-state index in [1.165, 1.54) is 13.2 Å². The van der Waals surface area contributed by atoms with E-state index >= 15 is 0 Å². The van der Waals surface area contributed by atoms with E-state index in [2.05, 4.69) is 0 Å². The molecule has 0 amide bonds. The SMILES string of the molecule is COCCOCCOc1c(C=CC(=O)O)cccc1OC. The van der Waals surface area contributed by atoms with Crippen molar-refractivity contribution in [2.24, 2.45) is 0 Å². The molecule has 116 valence electrons. The van der Waals surface area contributed by atoms with Gasteiger partial charge in [-0.2, -0.15) is 0 Å². The first-order valence-corrected chi connectivity index (χ1v) is 6.46. The molecule has 0 saturated heterocycles. The van der Waals surface area contributed by atoms with Crippen LogP contribution in [0.5, 0.6) is 11.5 Å². The minimum Gasteiger partial charge on any atom is -0.493 e. The van der Waals surface area contributed by atoms with Gasteiger partial charge in [0.1, 0.15) is 6.61 Å². The number of ether oxygens (including phenoxy) is 4. The summed E-state index contributed by atoms with van der Waals surface area (Å²) in [6, 6.07) is 5.27. The molecule has 0 aromatic heterocycles. The van der Waals surface area contributed by atoms with E-state index in [1.54, 1.807) is 25.3 Å². The number of carboxylic acid groups (broad SMARTS) is 1. The minimum atomic E-state index is -1.02. The zero-order valence-electron chi connectivity index (χ0n) is 12.2. The molecule has 0 aliphatic rings. The van der Waals surface area contributed by atoms with Crippen LogP contribution in [0.4, 0.5) is 0 Å². The summed E-state index contributed by atoms with van der Waals surface area (Å²) in [6.45, 7) is 1.76. The number of para-hydroxylation sites is 1. The Kier molecular flexibility index (Phi) is 7.93. The Morgan fingerprint density at radius 2 is 1.95 bits per heavy atom. The number of rotatable bonds is 10. The highest BCUT2D eigenvalue weighted by molar-refractivity contribution is 5.86. The zero-order chi connectivity index (χ0) is 15.5. The molecule has 0 atom stereocenters. The Morgan fingerprint density at radius 1 is 1.19 bits per heavy atom. The van der Waals surface area contributed by atoms with Crippen LogP contribution in [0.1, 0.15) is 5.56 Å². The lowest BCUT2D eigenvalue weighted by atomic mass is 10.1. The first kappa shape index (κ1) is 17.0. The molecule has 21 heavy (non-hydrogen) atoms. The van der Waals surface area contributed by atoms with Crippen molar-refractivity contribution in [1.82, 2.24) is 0 Å². The molecule has 1 aromatic rings. The van der Waals surface area contributed by atoms with Crippen molar-refractivity contribution in [3.05, 3.63) is 29.8 Å². The van der Waals surface area contributed by atoms with Gasteiger partial charge < -0.3 is 24.1 Å². The standard InChI is InChI=1S/C15H20O6/c1-18-8-9-20-10-11-21-15-12(6-7-14(16)17)4-3-5-13(15)19-2/h3-7H,8-11H2,1-2H3,(H,16,17). The van der Waals surface area contributed by atoms with Gasteiger partial charge >= 0.3 is 5.97 Å². The van der Waals surface area contributed by atoms with Crippen LogP contribution in [0.25, 0.3) is 6.08 Å². The van der Waals surface area contributed by atoms with Crippen molar-refractivity contribution >= 4 is 12.0 Å². The molecule has 0 unspecified atom stereocenters. The van der Waals surface area contributed by atoms with Crippen LogP contribution in [0.15, 0.2) is 24.3 Å². The van der Waals surface area contributed by atoms with Gasteiger partial charge in [-0.1, -0.05) is 12.1 Å². The summed E-state index contributed by atoms with van der Waals surface area (Å²) in [6.07, 6.45) is 2.52. The largest absolute Gasteiger partial charge is 0.493 e. The molecule has 0 heterocycles. The monoisotopic (exact) mass is 296 g/mol. The fourth-order valence-electron chi connectivity index (χ4n) is 1.59. The first-order valence-electron chi connectivity index (χ1n) is 6.46. The van der Waals surface area contributed by atoms with Crippen LogP contribution in [0.2, 0.25) is 0 Å². The molecule has 0 radical (unpaired) electrons. The molecule has 1 N–H and O–H groups in total. The lowest BCUT2D eigenvalue weighted by Crippen LogP contribution is -2.11. The Labute approximate surface area is 123 Å². The van der Waals surface area contributed by atoms with E-state index in [0.29, 0.717) is 43.5 Å². The molecule has 1 rings (SSSR count). The van der Waals surface area contributed by atoms with Crippen molar-refractivity contribution in [3.63, 3.8) is 0 Å². The van der Waals surface area contributed by atoms with Gasteiger partial charge in [0.05, 0.1) is 26.9 Å². The van der Waals surface area contributed by atoms with Crippen molar-refractivity contribution < 1.29 is 28.8 Å². The minimum absolute atomic E-state index is 0.331. The lowest BCUT2D eigenvalue weighted by molar-refractivity contribution is -0.131. The van der Waals surface area contributed by atoms with E-state index in [9.17, 15) is 4.79 Å². The maximum absolute atomic E-state index is 10.6. The van der Waals surface area contributed by atoms with Gasteiger partial charge in [0, 0.05) is 18.7 Å². The molecule has 0 bridgehead atoms. The highest BCUT2D eigenvalue weighted by Crippen LogP contribution is 2.31. The summed E-state index contributed by atoms with van der Waals surface area (Å²) < 4.78 is 21.0. The number of hydrogen-bond donors (Lipinski definition) is 1. The van der Waals surface area contributed by atoms with Crippen LogP contribution >= 0.6 is 0 Å². The fraction of sp³-hybridized carbons (Fsp3) is 0.400. The molecule has 0 spiro atoms. The molecule has 6 heteroatoms. The molecule has 0 aliphatic heterocycles. The summed E-state index contributed by atoms with van der Waals surface area (Å²) in [4.78, 5) is 10.6. The van der Waals surface area contributed by atoms with Crippen LogP contribution in [0.3, 0.4) is 0 Å². The third-order valence-electron chi connectivity index (χ3n) is 2.54. The predicted octanol–water partition coefficient (Wildman–Crippen LogP) is 1.83. The lowest BCUT2D eigenvalue weighted by Gasteiger charge is -2.13. The fourth-order valence-corrected chi connectivity index (χ4v) is 1.59. The quantitative estimate of drug-likeness (QED) is 0.524. The highest BCUT2D eigenvalue weighted by Gasteiger charge is 2.08. The zero-order valence-corrected chi connectivity index (χ0v) is 12.2.